The fourth-order valence-corrected chi connectivity index (χ4v) is 2.46. The van der Waals surface area contributed by atoms with Crippen LogP contribution in [-0.2, 0) is 22.4 Å². The molecule has 0 aliphatic heterocycles. The predicted molar refractivity (Wildman–Crippen MR) is 68.3 cm³/mol. The third-order valence-corrected chi connectivity index (χ3v) is 3.40. The average molecular weight is 249 g/mol. The van der Waals surface area contributed by atoms with Crippen molar-refractivity contribution in [3.05, 3.63) is 35.4 Å². The van der Waals surface area contributed by atoms with Gasteiger partial charge in [-0.25, -0.2) is 0 Å². The number of carbonyl (C=O) groups is 1. The zero-order valence-corrected chi connectivity index (χ0v) is 10.7. The molecule has 2 N–H and O–H groups in total. The fourth-order valence-electron chi connectivity index (χ4n) is 2.46. The van der Waals surface area contributed by atoms with Crippen LogP contribution in [-0.4, -0.2) is 36.4 Å². The molecule has 0 radical (unpaired) electrons. The number of hydrogen-bond donors (Lipinski definition) is 2. The van der Waals surface area contributed by atoms with Gasteiger partial charge in [0.1, 0.15) is 6.04 Å². The lowest BCUT2D eigenvalue weighted by atomic mass is 10.1. The normalized spacial score (nSPS) is 18.2. The van der Waals surface area contributed by atoms with Crippen molar-refractivity contribution in [1.82, 2.24) is 5.32 Å². The van der Waals surface area contributed by atoms with Crippen molar-refractivity contribution in [3.63, 3.8) is 0 Å². The lowest BCUT2D eigenvalue weighted by molar-refractivity contribution is -0.146. The summed E-state index contributed by atoms with van der Waals surface area (Å²) in [6, 6.07) is 7.77. The van der Waals surface area contributed by atoms with Crippen molar-refractivity contribution in [2.24, 2.45) is 0 Å². The standard InChI is InChI=1S/C14H19NO3/c1-9(16)13(14(17)18-2)15-12-7-10-5-3-4-6-11(10)8-12/h3-6,9,12-13,15-16H,7-8H2,1-2H3/t9-,13+/m1/s1. The molecule has 0 fully saturated rings. The molecule has 0 saturated carbocycles. The molecule has 0 saturated heterocycles. The summed E-state index contributed by atoms with van der Waals surface area (Å²) in [7, 11) is 1.34. The van der Waals surface area contributed by atoms with E-state index in [1.807, 2.05) is 12.1 Å². The molecule has 1 aliphatic carbocycles. The Morgan fingerprint density at radius 3 is 2.39 bits per heavy atom. The summed E-state index contributed by atoms with van der Waals surface area (Å²) in [6.45, 7) is 1.59. The molecule has 98 valence electrons. The van der Waals surface area contributed by atoms with Crippen molar-refractivity contribution in [2.75, 3.05) is 7.11 Å². The highest BCUT2D eigenvalue weighted by atomic mass is 16.5. The second-order valence-electron chi connectivity index (χ2n) is 4.78. The Labute approximate surface area is 107 Å². The van der Waals surface area contributed by atoms with Crippen LogP contribution in [0.3, 0.4) is 0 Å². The van der Waals surface area contributed by atoms with Crippen LogP contribution in [0.5, 0.6) is 0 Å². The molecule has 0 aromatic heterocycles. The maximum Gasteiger partial charge on any atom is 0.325 e. The van der Waals surface area contributed by atoms with E-state index in [1.165, 1.54) is 18.2 Å². The molecule has 1 aromatic rings. The van der Waals surface area contributed by atoms with Crippen LogP contribution < -0.4 is 5.32 Å². The molecule has 4 heteroatoms. The summed E-state index contributed by atoms with van der Waals surface area (Å²) in [5, 5.41) is 12.8. The summed E-state index contributed by atoms with van der Waals surface area (Å²) in [6.07, 6.45) is 1.01. The molecule has 0 heterocycles. The number of methoxy groups -OCH3 is 1. The van der Waals surface area contributed by atoms with Gasteiger partial charge in [0.15, 0.2) is 0 Å². The second kappa shape index (κ2) is 5.50. The molecular formula is C14H19NO3. The van der Waals surface area contributed by atoms with E-state index >= 15 is 0 Å². The van der Waals surface area contributed by atoms with Crippen molar-refractivity contribution in [3.8, 4) is 0 Å². The molecule has 2 rings (SSSR count). The van der Waals surface area contributed by atoms with E-state index in [9.17, 15) is 9.90 Å². The number of rotatable bonds is 4. The monoisotopic (exact) mass is 249 g/mol. The maximum absolute atomic E-state index is 11.6. The molecule has 1 aromatic carbocycles. The molecule has 4 nitrogen and oxygen atoms in total. The summed E-state index contributed by atoms with van der Waals surface area (Å²) >= 11 is 0. The summed E-state index contributed by atoms with van der Waals surface area (Å²) in [4.78, 5) is 11.6. The molecule has 0 unspecified atom stereocenters. The molecule has 0 amide bonds. The first-order valence-electron chi connectivity index (χ1n) is 6.20. The Bertz CT molecular complexity index is 406. The topological polar surface area (TPSA) is 58.6 Å². The van der Waals surface area contributed by atoms with E-state index in [-0.39, 0.29) is 6.04 Å². The first-order valence-corrected chi connectivity index (χ1v) is 6.20. The van der Waals surface area contributed by atoms with Crippen molar-refractivity contribution >= 4 is 5.97 Å². The maximum atomic E-state index is 11.6. The van der Waals surface area contributed by atoms with Gasteiger partial charge in [0, 0.05) is 6.04 Å². The zero-order valence-electron chi connectivity index (χ0n) is 10.7. The van der Waals surface area contributed by atoms with Crippen LogP contribution in [0.4, 0.5) is 0 Å². The third kappa shape index (κ3) is 2.71. The summed E-state index contributed by atoms with van der Waals surface area (Å²) < 4.78 is 4.70. The van der Waals surface area contributed by atoms with Crippen molar-refractivity contribution in [1.29, 1.82) is 0 Å². The Hall–Kier alpha value is -1.39. The highest BCUT2D eigenvalue weighted by Gasteiger charge is 2.30. The molecule has 0 bridgehead atoms. The van der Waals surface area contributed by atoms with Crippen LogP contribution in [0.15, 0.2) is 24.3 Å². The summed E-state index contributed by atoms with van der Waals surface area (Å²) in [5.74, 6) is -0.416. The number of aliphatic hydroxyl groups excluding tert-OH is 1. The summed E-state index contributed by atoms with van der Waals surface area (Å²) in [5.41, 5.74) is 2.62. The van der Waals surface area contributed by atoms with Gasteiger partial charge in [0.05, 0.1) is 13.2 Å². The number of nitrogens with one attached hydrogen (secondary N) is 1. The Morgan fingerprint density at radius 1 is 1.39 bits per heavy atom. The van der Waals surface area contributed by atoms with E-state index in [0.717, 1.165) is 12.8 Å². The minimum atomic E-state index is -0.763. The third-order valence-electron chi connectivity index (χ3n) is 3.40. The van der Waals surface area contributed by atoms with Crippen molar-refractivity contribution in [2.45, 2.75) is 38.0 Å². The highest BCUT2D eigenvalue weighted by Crippen LogP contribution is 2.22. The zero-order chi connectivity index (χ0) is 13.1. The van der Waals surface area contributed by atoms with Gasteiger partial charge in [-0.15, -0.1) is 0 Å². The van der Waals surface area contributed by atoms with E-state index in [4.69, 9.17) is 4.74 Å². The number of aliphatic hydroxyl groups is 1. The van der Waals surface area contributed by atoms with Crippen LogP contribution in [0.1, 0.15) is 18.1 Å². The highest BCUT2D eigenvalue weighted by molar-refractivity contribution is 5.76. The van der Waals surface area contributed by atoms with Gasteiger partial charge in [-0.2, -0.15) is 0 Å². The molecular weight excluding hydrogens is 230 g/mol. The van der Waals surface area contributed by atoms with E-state index in [1.54, 1.807) is 6.92 Å². The second-order valence-corrected chi connectivity index (χ2v) is 4.78. The fraction of sp³-hybridized carbons (Fsp3) is 0.500. The van der Waals surface area contributed by atoms with Gasteiger partial charge in [0.25, 0.3) is 0 Å². The number of fused-ring (bicyclic) bond motifs is 1. The van der Waals surface area contributed by atoms with Crippen LogP contribution in [0, 0.1) is 0 Å². The Morgan fingerprint density at radius 2 is 1.94 bits per heavy atom. The van der Waals surface area contributed by atoms with Crippen LogP contribution in [0.25, 0.3) is 0 Å². The van der Waals surface area contributed by atoms with E-state index < -0.39 is 18.1 Å². The lowest BCUT2D eigenvalue weighted by Gasteiger charge is -2.23. The minimum Gasteiger partial charge on any atom is -0.468 e. The first-order chi connectivity index (χ1) is 8.61. The van der Waals surface area contributed by atoms with Gasteiger partial charge < -0.3 is 9.84 Å². The van der Waals surface area contributed by atoms with Gasteiger partial charge in [-0.3, -0.25) is 10.1 Å². The number of benzene rings is 1. The largest absolute Gasteiger partial charge is 0.468 e. The molecule has 2 atom stereocenters. The average Bonchev–Trinajstić information content (AvgIpc) is 2.77. The number of esters is 1. The Kier molecular flexibility index (Phi) is 3.99. The first kappa shape index (κ1) is 13.1. The predicted octanol–water partition coefficient (Wildman–Crippen LogP) is 0.666. The van der Waals surface area contributed by atoms with E-state index in [2.05, 4.69) is 17.4 Å². The number of ether oxygens (including phenoxy) is 1. The quantitative estimate of drug-likeness (QED) is 0.770. The van der Waals surface area contributed by atoms with Crippen LogP contribution in [0.2, 0.25) is 0 Å². The van der Waals surface area contributed by atoms with E-state index in [0.29, 0.717) is 0 Å². The molecule has 0 spiro atoms. The number of carbonyl (C=O) groups excluding carboxylic acids is 1. The van der Waals surface area contributed by atoms with Gasteiger partial charge in [0.2, 0.25) is 0 Å². The molecule has 1 aliphatic rings. The van der Waals surface area contributed by atoms with Gasteiger partial charge in [-0.05, 0) is 30.9 Å². The minimum absolute atomic E-state index is 0.182. The lowest BCUT2D eigenvalue weighted by Crippen LogP contribution is -2.50. The van der Waals surface area contributed by atoms with Gasteiger partial charge >= 0.3 is 5.97 Å². The smallest absolute Gasteiger partial charge is 0.325 e. The van der Waals surface area contributed by atoms with Crippen molar-refractivity contribution < 1.29 is 14.6 Å². The van der Waals surface area contributed by atoms with Gasteiger partial charge in [-0.1, -0.05) is 24.3 Å². The number of hydrogen-bond acceptors (Lipinski definition) is 4. The molecule has 18 heavy (non-hydrogen) atoms. The SMILES string of the molecule is COC(=O)[C@@H](NC1Cc2ccccc2C1)[C@@H](C)O. The van der Waals surface area contributed by atoms with Crippen LogP contribution >= 0.6 is 0 Å². The Balaban J connectivity index is 2.01.